The van der Waals surface area contributed by atoms with Crippen LogP contribution in [0.5, 0.6) is 0 Å². The summed E-state index contributed by atoms with van der Waals surface area (Å²) in [6.45, 7) is 3.34. The predicted octanol–water partition coefficient (Wildman–Crippen LogP) is 4.64. The zero-order valence-corrected chi connectivity index (χ0v) is 15.5. The van der Waals surface area contributed by atoms with Crippen molar-refractivity contribution < 1.29 is 9.59 Å². The van der Waals surface area contributed by atoms with Gasteiger partial charge in [-0.2, -0.15) is 0 Å². The maximum absolute atomic E-state index is 12.3. The first-order chi connectivity index (χ1) is 12.9. The molecule has 3 rings (SSSR count). The molecule has 0 atom stereocenters. The molecule has 0 aliphatic rings. The second kappa shape index (κ2) is 7.97. The molecule has 0 spiro atoms. The molecule has 3 aromatic rings. The lowest BCUT2D eigenvalue weighted by Crippen LogP contribution is -2.15. The standard InChI is InChI=1S/C20H17ClN4O2/c1-12-16(21)4-3-5-17(12)23-20(27)18-10-11-19(25-24-18)22-15-8-6-14(7-9-15)13(2)26/h3-11H,1-2H3,(H,22,25)(H,23,27). The van der Waals surface area contributed by atoms with Crippen molar-refractivity contribution >= 4 is 40.5 Å². The van der Waals surface area contributed by atoms with E-state index in [0.29, 0.717) is 22.1 Å². The summed E-state index contributed by atoms with van der Waals surface area (Å²) in [5.41, 5.74) is 3.00. The van der Waals surface area contributed by atoms with Crippen LogP contribution in [0.1, 0.15) is 33.3 Å². The normalized spacial score (nSPS) is 10.3. The summed E-state index contributed by atoms with van der Waals surface area (Å²) in [4.78, 5) is 23.6. The van der Waals surface area contributed by atoms with Gasteiger partial charge < -0.3 is 10.6 Å². The number of anilines is 3. The van der Waals surface area contributed by atoms with Crippen LogP contribution in [0.2, 0.25) is 5.02 Å². The fourth-order valence-corrected chi connectivity index (χ4v) is 2.56. The van der Waals surface area contributed by atoms with Crippen LogP contribution in [0.15, 0.2) is 54.6 Å². The number of nitrogens with zero attached hydrogens (tertiary/aromatic N) is 2. The smallest absolute Gasteiger partial charge is 0.276 e. The largest absolute Gasteiger partial charge is 0.339 e. The zero-order valence-electron chi connectivity index (χ0n) is 14.8. The maximum atomic E-state index is 12.3. The molecule has 0 aliphatic heterocycles. The van der Waals surface area contributed by atoms with E-state index in [-0.39, 0.29) is 17.4 Å². The number of rotatable bonds is 5. The van der Waals surface area contributed by atoms with Crippen LogP contribution < -0.4 is 10.6 Å². The van der Waals surface area contributed by atoms with E-state index in [1.54, 1.807) is 54.6 Å². The van der Waals surface area contributed by atoms with Crippen molar-refractivity contribution in [2.75, 3.05) is 10.6 Å². The highest BCUT2D eigenvalue weighted by Crippen LogP contribution is 2.23. The number of benzene rings is 2. The molecule has 0 aliphatic carbocycles. The predicted molar refractivity (Wildman–Crippen MR) is 106 cm³/mol. The van der Waals surface area contributed by atoms with Gasteiger partial charge in [0, 0.05) is 22.0 Å². The van der Waals surface area contributed by atoms with Crippen molar-refractivity contribution in [3.8, 4) is 0 Å². The van der Waals surface area contributed by atoms with E-state index in [1.165, 1.54) is 6.92 Å². The van der Waals surface area contributed by atoms with Crippen molar-refractivity contribution in [1.82, 2.24) is 10.2 Å². The van der Waals surface area contributed by atoms with Gasteiger partial charge >= 0.3 is 0 Å². The number of carbonyl (C=O) groups is 2. The van der Waals surface area contributed by atoms with Crippen LogP contribution in [0.4, 0.5) is 17.2 Å². The molecular weight excluding hydrogens is 364 g/mol. The molecule has 7 heteroatoms. The Morgan fingerprint density at radius 3 is 2.33 bits per heavy atom. The summed E-state index contributed by atoms with van der Waals surface area (Å²) in [5, 5.41) is 14.4. The molecule has 2 N–H and O–H groups in total. The molecule has 1 amide bonds. The van der Waals surface area contributed by atoms with Crippen molar-refractivity contribution in [3.63, 3.8) is 0 Å². The van der Waals surface area contributed by atoms with Gasteiger partial charge in [-0.15, -0.1) is 10.2 Å². The van der Waals surface area contributed by atoms with Crippen molar-refractivity contribution in [3.05, 3.63) is 76.4 Å². The fourth-order valence-electron chi connectivity index (χ4n) is 2.39. The van der Waals surface area contributed by atoms with Gasteiger partial charge in [-0.3, -0.25) is 9.59 Å². The van der Waals surface area contributed by atoms with Gasteiger partial charge in [0.05, 0.1) is 0 Å². The van der Waals surface area contributed by atoms with E-state index in [0.717, 1.165) is 11.3 Å². The molecule has 6 nitrogen and oxygen atoms in total. The first-order valence-electron chi connectivity index (χ1n) is 8.22. The topological polar surface area (TPSA) is 84.0 Å². The van der Waals surface area contributed by atoms with Crippen LogP contribution in [-0.4, -0.2) is 21.9 Å². The average molecular weight is 381 g/mol. The Bertz CT molecular complexity index is 986. The average Bonchev–Trinajstić information content (AvgIpc) is 2.66. The quantitative estimate of drug-likeness (QED) is 0.630. The molecule has 0 unspecified atom stereocenters. The van der Waals surface area contributed by atoms with Crippen LogP contribution >= 0.6 is 11.6 Å². The highest BCUT2D eigenvalue weighted by Gasteiger charge is 2.11. The second-order valence-corrected chi connectivity index (χ2v) is 6.34. The lowest BCUT2D eigenvalue weighted by molar-refractivity contribution is 0.101. The van der Waals surface area contributed by atoms with E-state index < -0.39 is 0 Å². The van der Waals surface area contributed by atoms with E-state index in [1.807, 2.05) is 6.92 Å². The van der Waals surface area contributed by atoms with Gasteiger partial charge in [-0.25, -0.2) is 0 Å². The monoisotopic (exact) mass is 380 g/mol. The molecular formula is C20H17ClN4O2. The number of nitrogens with one attached hydrogen (secondary N) is 2. The molecule has 0 saturated carbocycles. The number of aromatic nitrogens is 2. The number of halogens is 1. The second-order valence-electron chi connectivity index (χ2n) is 5.93. The molecule has 136 valence electrons. The molecule has 2 aromatic carbocycles. The van der Waals surface area contributed by atoms with Crippen LogP contribution in [0, 0.1) is 6.92 Å². The summed E-state index contributed by atoms with van der Waals surface area (Å²) in [6, 6.07) is 15.5. The lowest BCUT2D eigenvalue weighted by atomic mass is 10.1. The van der Waals surface area contributed by atoms with Crippen molar-refractivity contribution in [1.29, 1.82) is 0 Å². The molecule has 1 heterocycles. The minimum absolute atomic E-state index is 0.00615. The number of hydrogen-bond donors (Lipinski definition) is 2. The minimum Gasteiger partial charge on any atom is -0.339 e. The summed E-state index contributed by atoms with van der Waals surface area (Å²) < 4.78 is 0. The van der Waals surface area contributed by atoms with Crippen molar-refractivity contribution in [2.45, 2.75) is 13.8 Å². The SMILES string of the molecule is CC(=O)c1ccc(Nc2ccc(C(=O)Nc3cccc(Cl)c3C)nn2)cc1. The molecule has 0 bridgehead atoms. The lowest BCUT2D eigenvalue weighted by Gasteiger charge is -2.09. The number of ketones is 1. The van der Waals surface area contributed by atoms with E-state index >= 15 is 0 Å². The Balaban J connectivity index is 1.68. The zero-order chi connectivity index (χ0) is 19.4. The van der Waals surface area contributed by atoms with E-state index in [9.17, 15) is 9.59 Å². The Morgan fingerprint density at radius 1 is 0.963 bits per heavy atom. The number of amides is 1. The third-order valence-electron chi connectivity index (χ3n) is 3.98. The first-order valence-corrected chi connectivity index (χ1v) is 8.60. The fraction of sp³-hybridized carbons (Fsp3) is 0.100. The highest BCUT2D eigenvalue weighted by atomic mass is 35.5. The van der Waals surface area contributed by atoms with Crippen LogP contribution in [0.3, 0.4) is 0 Å². The summed E-state index contributed by atoms with van der Waals surface area (Å²) >= 11 is 6.06. The van der Waals surface area contributed by atoms with Gasteiger partial charge in [-0.05, 0) is 67.9 Å². The molecule has 0 fully saturated rings. The van der Waals surface area contributed by atoms with Gasteiger partial charge in [0.15, 0.2) is 17.3 Å². The number of hydrogen-bond acceptors (Lipinski definition) is 5. The molecule has 0 radical (unpaired) electrons. The Hall–Kier alpha value is -3.25. The Labute approximate surface area is 161 Å². The number of carbonyl (C=O) groups excluding carboxylic acids is 2. The first kappa shape index (κ1) is 18.5. The molecule has 0 saturated heterocycles. The van der Waals surface area contributed by atoms with Gasteiger partial charge in [0.1, 0.15) is 0 Å². The third-order valence-corrected chi connectivity index (χ3v) is 4.39. The Morgan fingerprint density at radius 2 is 1.70 bits per heavy atom. The van der Waals surface area contributed by atoms with Gasteiger partial charge in [0.2, 0.25) is 0 Å². The van der Waals surface area contributed by atoms with Crippen LogP contribution in [0.25, 0.3) is 0 Å². The Kier molecular flexibility index (Phi) is 5.47. The van der Waals surface area contributed by atoms with E-state index in [2.05, 4.69) is 20.8 Å². The summed E-state index contributed by atoms with van der Waals surface area (Å²) in [7, 11) is 0. The molecule has 27 heavy (non-hydrogen) atoms. The van der Waals surface area contributed by atoms with E-state index in [4.69, 9.17) is 11.6 Å². The minimum atomic E-state index is -0.370. The third kappa shape index (κ3) is 4.48. The summed E-state index contributed by atoms with van der Waals surface area (Å²) in [6.07, 6.45) is 0. The summed E-state index contributed by atoms with van der Waals surface area (Å²) in [5.74, 6) is 0.123. The highest BCUT2D eigenvalue weighted by molar-refractivity contribution is 6.31. The van der Waals surface area contributed by atoms with Gasteiger partial charge in [-0.1, -0.05) is 17.7 Å². The van der Waals surface area contributed by atoms with Gasteiger partial charge in [0.25, 0.3) is 5.91 Å². The number of Topliss-reactive ketones (excluding diaryl/α,β-unsaturated/α-hetero) is 1. The molecule has 1 aromatic heterocycles. The maximum Gasteiger partial charge on any atom is 0.276 e. The van der Waals surface area contributed by atoms with Crippen molar-refractivity contribution in [2.24, 2.45) is 0 Å². The van der Waals surface area contributed by atoms with Crippen LogP contribution in [-0.2, 0) is 0 Å².